The maximum absolute atomic E-state index is 13.3. The largest absolute Gasteiger partial charge is 0.490 e. The van der Waals surface area contributed by atoms with Crippen LogP contribution in [-0.4, -0.2) is 39.3 Å². The molecule has 0 bridgehead atoms. The number of alkyl halides is 2. The van der Waals surface area contributed by atoms with Gasteiger partial charge in [0.25, 0.3) is 5.91 Å². The number of amides is 1. The third-order valence-corrected chi connectivity index (χ3v) is 5.11. The second kappa shape index (κ2) is 9.41. The van der Waals surface area contributed by atoms with Gasteiger partial charge in [0, 0.05) is 16.4 Å². The molecule has 0 unspecified atom stereocenters. The molecule has 0 saturated heterocycles. The molecule has 2 aromatic carbocycles. The second-order valence-electron chi connectivity index (χ2n) is 6.99. The quantitative estimate of drug-likeness (QED) is 0.525. The molecular weight excluding hydrogens is 458 g/mol. The molecule has 0 aliphatic carbocycles. The minimum absolute atomic E-state index is 0.110. The van der Waals surface area contributed by atoms with Crippen molar-refractivity contribution in [1.82, 2.24) is 20.2 Å². The van der Waals surface area contributed by atoms with Gasteiger partial charge in [0.15, 0.2) is 11.5 Å². The molecule has 0 saturated carbocycles. The Morgan fingerprint density at radius 3 is 2.70 bits per heavy atom. The fraction of sp³-hybridized carbons (Fsp3) is 0.238. The number of hydrogen-bond donors (Lipinski definition) is 2. The standard InChI is InChI=1S/C21H19ClF2N6O3/c1-3-32-16-10-12(4-9-15(16)33-20(23)24)18-17(11(2)25-21-27-28-29-30(18)21)19(31)26-14-7-5-13(22)6-8-14/h4-10,18,20H,3H2,1-2H3,(H,26,31)(H,25,27,29)/t18-/m0/s1. The molecule has 4 rings (SSSR count). The Morgan fingerprint density at radius 2 is 2.00 bits per heavy atom. The zero-order valence-corrected chi connectivity index (χ0v) is 18.3. The third-order valence-electron chi connectivity index (χ3n) is 4.86. The molecule has 33 heavy (non-hydrogen) atoms. The summed E-state index contributed by atoms with van der Waals surface area (Å²) in [6.45, 7) is 0.657. The van der Waals surface area contributed by atoms with Crippen LogP contribution < -0.4 is 20.1 Å². The van der Waals surface area contributed by atoms with Gasteiger partial charge in [-0.2, -0.15) is 13.5 Å². The lowest BCUT2D eigenvalue weighted by Crippen LogP contribution is -2.31. The number of fused-ring (bicyclic) bond motifs is 1. The summed E-state index contributed by atoms with van der Waals surface area (Å²) in [5, 5.41) is 18.0. The van der Waals surface area contributed by atoms with Crippen LogP contribution in [0.5, 0.6) is 11.5 Å². The predicted octanol–water partition coefficient (Wildman–Crippen LogP) is 4.25. The summed E-state index contributed by atoms with van der Waals surface area (Å²) in [4.78, 5) is 13.3. The number of anilines is 2. The van der Waals surface area contributed by atoms with Gasteiger partial charge in [-0.3, -0.25) is 4.79 Å². The molecule has 172 valence electrons. The lowest BCUT2D eigenvalue weighted by atomic mass is 9.94. The first kappa shape index (κ1) is 22.5. The van der Waals surface area contributed by atoms with Gasteiger partial charge in [-0.1, -0.05) is 22.8 Å². The van der Waals surface area contributed by atoms with Gasteiger partial charge in [0.1, 0.15) is 6.04 Å². The highest BCUT2D eigenvalue weighted by molar-refractivity contribution is 6.30. The van der Waals surface area contributed by atoms with Crippen LogP contribution in [0.1, 0.15) is 25.5 Å². The Labute approximate surface area is 192 Å². The first-order valence-electron chi connectivity index (χ1n) is 9.91. The number of tetrazole rings is 1. The fourth-order valence-electron chi connectivity index (χ4n) is 3.50. The van der Waals surface area contributed by atoms with Crippen LogP contribution in [0, 0.1) is 0 Å². The van der Waals surface area contributed by atoms with Crippen LogP contribution in [0.25, 0.3) is 0 Å². The first-order chi connectivity index (χ1) is 15.9. The maximum Gasteiger partial charge on any atom is 0.387 e. The highest BCUT2D eigenvalue weighted by Gasteiger charge is 2.34. The smallest absolute Gasteiger partial charge is 0.387 e. The van der Waals surface area contributed by atoms with E-state index in [0.29, 0.717) is 33.5 Å². The van der Waals surface area contributed by atoms with Crippen LogP contribution in [0.3, 0.4) is 0 Å². The molecular formula is C21H19ClF2N6O3. The first-order valence-corrected chi connectivity index (χ1v) is 10.3. The van der Waals surface area contributed by atoms with Crippen molar-refractivity contribution in [3.63, 3.8) is 0 Å². The molecule has 1 aromatic heterocycles. The Morgan fingerprint density at radius 1 is 1.24 bits per heavy atom. The SMILES string of the molecule is CCOc1cc([C@H]2C(C(=O)Nc3ccc(Cl)cc3)=C(C)Nc3nnnn32)ccc1OC(F)F. The normalized spacial score (nSPS) is 15.2. The molecule has 0 fully saturated rings. The Bertz CT molecular complexity index is 1200. The van der Waals surface area contributed by atoms with Crippen molar-refractivity contribution in [3.8, 4) is 11.5 Å². The third kappa shape index (κ3) is 4.72. The van der Waals surface area contributed by atoms with Crippen LogP contribution in [0.4, 0.5) is 20.4 Å². The summed E-state index contributed by atoms with van der Waals surface area (Å²) < 4.78 is 37.1. The summed E-state index contributed by atoms with van der Waals surface area (Å²) in [5.74, 6) is -0.0846. The van der Waals surface area contributed by atoms with E-state index in [1.807, 2.05) is 0 Å². The average molecular weight is 477 g/mol. The van der Waals surface area contributed by atoms with Gasteiger partial charge in [-0.05, 0) is 66.2 Å². The zero-order valence-electron chi connectivity index (χ0n) is 17.6. The topological polar surface area (TPSA) is 103 Å². The number of rotatable bonds is 7. The molecule has 12 heteroatoms. The zero-order chi connectivity index (χ0) is 23.5. The Hall–Kier alpha value is -3.73. The monoisotopic (exact) mass is 476 g/mol. The van der Waals surface area contributed by atoms with Crippen molar-refractivity contribution in [3.05, 3.63) is 64.3 Å². The van der Waals surface area contributed by atoms with Gasteiger partial charge < -0.3 is 20.1 Å². The van der Waals surface area contributed by atoms with Crippen molar-refractivity contribution in [2.75, 3.05) is 17.2 Å². The van der Waals surface area contributed by atoms with E-state index >= 15 is 0 Å². The highest BCUT2D eigenvalue weighted by Crippen LogP contribution is 2.39. The van der Waals surface area contributed by atoms with Crippen molar-refractivity contribution in [2.45, 2.75) is 26.5 Å². The number of hydrogen-bond acceptors (Lipinski definition) is 7. The van der Waals surface area contributed by atoms with E-state index in [0.717, 1.165) is 0 Å². The van der Waals surface area contributed by atoms with Gasteiger partial charge >= 0.3 is 6.61 Å². The van der Waals surface area contributed by atoms with E-state index in [9.17, 15) is 13.6 Å². The number of benzene rings is 2. The van der Waals surface area contributed by atoms with E-state index < -0.39 is 18.6 Å². The van der Waals surface area contributed by atoms with Crippen molar-refractivity contribution >= 4 is 29.1 Å². The number of nitrogens with one attached hydrogen (secondary N) is 2. The number of ether oxygens (including phenoxy) is 2. The van der Waals surface area contributed by atoms with E-state index in [1.54, 1.807) is 44.2 Å². The number of carbonyl (C=O) groups is 1. The fourth-order valence-corrected chi connectivity index (χ4v) is 3.63. The minimum atomic E-state index is -3.01. The number of nitrogens with zero attached hydrogens (tertiary/aromatic N) is 4. The summed E-state index contributed by atoms with van der Waals surface area (Å²) in [5.41, 5.74) is 1.94. The molecule has 1 aliphatic heterocycles. The maximum atomic E-state index is 13.3. The molecule has 1 atom stereocenters. The van der Waals surface area contributed by atoms with Crippen molar-refractivity contribution in [2.24, 2.45) is 0 Å². The molecule has 0 spiro atoms. The highest BCUT2D eigenvalue weighted by atomic mass is 35.5. The van der Waals surface area contributed by atoms with Gasteiger partial charge in [0.2, 0.25) is 5.95 Å². The molecule has 0 radical (unpaired) electrons. The molecule has 9 nitrogen and oxygen atoms in total. The molecule has 1 amide bonds. The Kier molecular flexibility index (Phi) is 6.40. The van der Waals surface area contributed by atoms with Crippen molar-refractivity contribution < 1.29 is 23.0 Å². The number of allylic oxidation sites excluding steroid dienone is 1. The average Bonchev–Trinajstić information content (AvgIpc) is 3.23. The van der Waals surface area contributed by atoms with Gasteiger partial charge in [0.05, 0.1) is 12.2 Å². The molecule has 2 N–H and O–H groups in total. The van der Waals surface area contributed by atoms with Gasteiger partial charge in [-0.25, -0.2) is 0 Å². The van der Waals surface area contributed by atoms with Crippen LogP contribution in [0.15, 0.2) is 53.7 Å². The number of carbonyl (C=O) groups excluding carboxylic acids is 1. The Balaban J connectivity index is 1.76. The van der Waals surface area contributed by atoms with E-state index in [1.165, 1.54) is 16.8 Å². The van der Waals surface area contributed by atoms with Crippen LogP contribution in [0.2, 0.25) is 5.02 Å². The number of aromatic nitrogens is 4. The van der Waals surface area contributed by atoms with E-state index in [-0.39, 0.29) is 18.1 Å². The van der Waals surface area contributed by atoms with Crippen LogP contribution >= 0.6 is 11.6 Å². The van der Waals surface area contributed by atoms with Crippen LogP contribution in [-0.2, 0) is 4.79 Å². The summed E-state index contributed by atoms with van der Waals surface area (Å²) >= 11 is 5.93. The summed E-state index contributed by atoms with van der Waals surface area (Å²) in [6, 6.07) is 10.4. The summed E-state index contributed by atoms with van der Waals surface area (Å²) in [6.07, 6.45) is 0. The van der Waals surface area contributed by atoms with E-state index in [4.69, 9.17) is 16.3 Å². The van der Waals surface area contributed by atoms with Crippen molar-refractivity contribution in [1.29, 1.82) is 0 Å². The van der Waals surface area contributed by atoms with E-state index in [2.05, 4.69) is 30.9 Å². The molecule has 2 heterocycles. The molecule has 3 aromatic rings. The summed E-state index contributed by atoms with van der Waals surface area (Å²) in [7, 11) is 0. The predicted molar refractivity (Wildman–Crippen MR) is 117 cm³/mol. The lowest BCUT2D eigenvalue weighted by Gasteiger charge is -2.28. The van der Waals surface area contributed by atoms with Gasteiger partial charge in [-0.15, -0.1) is 0 Å². The number of halogens is 3. The minimum Gasteiger partial charge on any atom is -0.490 e. The lowest BCUT2D eigenvalue weighted by molar-refractivity contribution is -0.113. The molecule has 1 aliphatic rings. The second-order valence-corrected chi connectivity index (χ2v) is 7.43.